The van der Waals surface area contributed by atoms with Crippen LogP contribution in [0.4, 0.5) is 5.69 Å². The Morgan fingerprint density at radius 1 is 1.08 bits per heavy atom. The van der Waals surface area contributed by atoms with Crippen molar-refractivity contribution < 1.29 is 14.3 Å². The maximum absolute atomic E-state index is 12.1. The Kier molecular flexibility index (Phi) is 5.28. The van der Waals surface area contributed by atoms with E-state index in [1.165, 1.54) is 6.08 Å². The number of halogens is 2. The van der Waals surface area contributed by atoms with E-state index in [0.29, 0.717) is 40.4 Å². The molecule has 0 fully saturated rings. The summed E-state index contributed by atoms with van der Waals surface area (Å²) in [6.45, 7) is 1.15. The lowest BCUT2D eigenvalue weighted by molar-refractivity contribution is -0.111. The molecule has 0 aliphatic carbocycles. The summed E-state index contributed by atoms with van der Waals surface area (Å²) in [5.41, 5.74) is 1.31. The van der Waals surface area contributed by atoms with E-state index in [2.05, 4.69) is 5.32 Å². The number of amides is 1. The van der Waals surface area contributed by atoms with Crippen LogP contribution in [0.15, 0.2) is 42.5 Å². The lowest BCUT2D eigenvalue weighted by atomic mass is 10.2. The minimum Gasteiger partial charge on any atom is -0.490 e. The molecule has 24 heavy (non-hydrogen) atoms. The number of fused-ring (bicyclic) bond motifs is 1. The van der Waals surface area contributed by atoms with E-state index in [-0.39, 0.29) is 5.91 Å². The van der Waals surface area contributed by atoms with E-state index >= 15 is 0 Å². The highest BCUT2D eigenvalue weighted by molar-refractivity contribution is 6.34. The topological polar surface area (TPSA) is 47.6 Å². The number of hydrogen-bond donors (Lipinski definition) is 1. The predicted molar refractivity (Wildman–Crippen MR) is 96.2 cm³/mol. The minimum atomic E-state index is -0.300. The lowest BCUT2D eigenvalue weighted by Crippen LogP contribution is -2.08. The second kappa shape index (κ2) is 7.60. The molecule has 0 bridgehead atoms. The molecule has 0 aromatic heterocycles. The fraction of sp³-hybridized carbons (Fsp3) is 0.167. The number of carbonyl (C=O) groups excluding carboxylic acids is 1. The number of carbonyl (C=O) groups is 1. The average molecular weight is 364 g/mol. The Hall–Kier alpha value is -2.17. The molecule has 1 aliphatic rings. The van der Waals surface area contributed by atoms with Gasteiger partial charge in [-0.1, -0.05) is 35.3 Å². The molecule has 0 saturated carbocycles. The quantitative estimate of drug-likeness (QED) is 0.796. The molecule has 1 heterocycles. The summed E-state index contributed by atoms with van der Waals surface area (Å²) in [7, 11) is 0. The van der Waals surface area contributed by atoms with Crippen molar-refractivity contribution in [3.63, 3.8) is 0 Å². The lowest BCUT2D eigenvalue weighted by Gasteiger charge is -2.11. The zero-order valence-electron chi connectivity index (χ0n) is 12.7. The normalized spacial score (nSPS) is 13.6. The van der Waals surface area contributed by atoms with E-state index < -0.39 is 0 Å². The Morgan fingerprint density at radius 3 is 2.58 bits per heavy atom. The summed E-state index contributed by atoms with van der Waals surface area (Å²) in [6, 6.07) is 10.5. The van der Waals surface area contributed by atoms with Gasteiger partial charge in [-0.3, -0.25) is 4.79 Å². The number of anilines is 1. The second-order valence-corrected chi connectivity index (χ2v) is 6.05. The molecule has 1 N–H and O–H groups in total. The minimum absolute atomic E-state index is 0.300. The third kappa shape index (κ3) is 4.22. The molecule has 0 radical (unpaired) electrons. The molecule has 6 heteroatoms. The van der Waals surface area contributed by atoms with Gasteiger partial charge in [-0.15, -0.1) is 0 Å². The molecule has 4 nitrogen and oxygen atoms in total. The van der Waals surface area contributed by atoms with E-state index in [1.54, 1.807) is 30.3 Å². The van der Waals surface area contributed by atoms with Crippen LogP contribution in [0.25, 0.3) is 6.08 Å². The van der Waals surface area contributed by atoms with Gasteiger partial charge in [0.05, 0.1) is 23.9 Å². The van der Waals surface area contributed by atoms with E-state index in [0.717, 1.165) is 12.0 Å². The van der Waals surface area contributed by atoms with Crippen LogP contribution in [-0.4, -0.2) is 19.1 Å². The van der Waals surface area contributed by atoms with Crippen molar-refractivity contribution in [3.05, 3.63) is 58.1 Å². The van der Waals surface area contributed by atoms with Crippen LogP contribution < -0.4 is 14.8 Å². The summed E-state index contributed by atoms with van der Waals surface area (Å²) in [5, 5.41) is 3.75. The van der Waals surface area contributed by atoms with Gasteiger partial charge >= 0.3 is 0 Å². The number of benzene rings is 2. The zero-order chi connectivity index (χ0) is 16.9. The maximum atomic E-state index is 12.1. The van der Waals surface area contributed by atoms with Crippen molar-refractivity contribution in [2.45, 2.75) is 6.42 Å². The van der Waals surface area contributed by atoms with Crippen molar-refractivity contribution in [1.82, 2.24) is 0 Å². The van der Waals surface area contributed by atoms with Crippen LogP contribution in [0.2, 0.25) is 10.0 Å². The zero-order valence-corrected chi connectivity index (χ0v) is 14.2. The van der Waals surface area contributed by atoms with Crippen molar-refractivity contribution in [1.29, 1.82) is 0 Å². The SMILES string of the molecule is O=C(/C=C/c1cccc(Cl)c1)Nc1cc2c(cc1Cl)OCCCO2. The van der Waals surface area contributed by atoms with Gasteiger partial charge in [0.15, 0.2) is 11.5 Å². The Bertz CT molecular complexity index is 790. The van der Waals surface area contributed by atoms with E-state index in [1.807, 2.05) is 12.1 Å². The van der Waals surface area contributed by atoms with Gasteiger partial charge in [0.25, 0.3) is 0 Å². The first-order valence-electron chi connectivity index (χ1n) is 7.45. The Balaban J connectivity index is 1.73. The van der Waals surface area contributed by atoms with Crippen LogP contribution in [0.1, 0.15) is 12.0 Å². The molecule has 0 saturated heterocycles. The first-order chi connectivity index (χ1) is 11.6. The number of nitrogens with one attached hydrogen (secondary N) is 1. The fourth-order valence-electron chi connectivity index (χ4n) is 2.24. The largest absolute Gasteiger partial charge is 0.490 e. The molecular formula is C18H15Cl2NO3. The average Bonchev–Trinajstić information content (AvgIpc) is 2.78. The standard InChI is InChI=1S/C18H15Cl2NO3/c19-13-4-1-3-12(9-13)5-6-18(22)21-15-11-17-16(10-14(15)20)23-7-2-8-24-17/h1,3-6,9-11H,2,7-8H2,(H,21,22)/b6-5+. The molecule has 2 aromatic rings. The monoisotopic (exact) mass is 363 g/mol. The van der Waals surface area contributed by atoms with Crippen molar-refractivity contribution in [3.8, 4) is 11.5 Å². The molecular weight excluding hydrogens is 349 g/mol. The van der Waals surface area contributed by atoms with Crippen LogP contribution >= 0.6 is 23.2 Å². The summed E-state index contributed by atoms with van der Waals surface area (Å²) in [5.74, 6) is 0.863. The van der Waals surface area contributed by atoms with Gasteiger partial charge in [-0.25, -0.2) is 0 Å². The van der Waals surface area contributed by atoms with Crippen molar-refractivity contribution >= 4 is 40.9 Å². The molecule has 124 valence electrons. The molecule has 0 unspecified atom stereocenters. The Morgan fingerprint density at radius 2 is 1.83 bits per heavy atom. The third-order valence-corrected chi connectivity index (χ3v) is 3.92. The Labute approximate surface area is 150 Å². The highest BCUT2D eigenvalue weighted by Crippen LogP contribution is 2.37. The maximum Gasteiger partial charge on any atom is 0.248 e. The van der Waals surface area contributed by atoms with Crippen LogP contribution in [0, 0.1) is 0 Å². The number of ether oxygens (including phenoxy) is 2. The first-order valence-corrected chi connectivity index (χ1v) is 8.21. The summed E-state index contributed by atoms with van der Waals surface area (Å²) in [6.07, 6.45) is 3.90. The number of hydrogen-bond acceptors (Lipinski definition) is 3. The molecule has 0 spiro atoms. The van der Waals surface area contributed by atoms with Crippen LogP contribution in [0.3, 0.4) is 0 Å². The molecule has 1 amide bonds. The molecule has 1 aliphatic heterocycles. The van der Waals surface area contributed by atoms with Crippen LogP contribution in [0.5, 0.6) is 11.5 Å². The predicted octanol–water partition coefficient (Wildman–Crippen LogP) is 4.81. The van der Waals surface area contributed by atoms with Gasteiger partial charge in [0.1, 0.15) is 0 Å². The highest BCUT2D eigenvalue weighted by atomic mass is 35.5. The van der Waals surface area contributed by atoms with Crippen molar-refractivity contribution in [2.24, 2.45) is 0 Å². The van der Waals surface area contributed by atoms with Gasteiger partial charge < -0.3 is 14.8 Å². The fourth-order valence-corrected chi connectivity index (χ4v) is 2.64. The third-order valence-electron chi connectivity index (χ3n) is 3.37. The van der Waals surface area contributed by atoms with Gasteiger partial charge in [0, 0.05) is 29.7 Å². The molecule has 3 rings (SSSR count). The first kappa shape index (κ1) is 16.7. The summed E-state index contributed by atoms with van der Waals surface area (Å²) >= 11 is 12.1. The van der Waals surface area contributed by atoms with E-state index in [9.17, 15) is 4.79 Å². The molecule has 2 aromatic carbocycles. The number of rotatable bonds is 3. The van der Waals surface area contributed by atoms with Gasteiger partial charge in [-0.05, 0) is 23.8 Å². The van der Waals surface area contributed by atoms with Gasteiger partial charge in [-0.2, -0.15) is 0 Å². The highest BCUT2D eigenvalue weighted by Gasteiger charge is 2.14. The smallest absolute Gasteiger partial charge is 0.248 e. The summed E-state index contributed by atoms with van der Waals surface area (Å²) in [4.78, 5) is 12.1. The molecule has 0 atom stereocenters. The van der Waals surface area contributed by atoms with E-state index in [4.69, 9.17) is 32.7 Å². The van der Waals surface area contributed by atoms with Gasteiger partial charge in [0.2, 0.25) is 5.91 Å². The second-order valence-electron chi connectivity index (χ2n) is 5.21. The summed E-state index contributed by atoms with van der Waals surface area (Å²) < 4.78 is 11.2. The van der Waals surface area contributed by atoms with Crippen molar-refractivity contribution in [2.75, 3.05) is 18.5 Å². The van der Waals surface area contributed by atoms with Crippen LogP contribution in [-0.2, 0) is 4.79 Å².